The number of rotatable bonds is 10. The van der Waals surface area contributed by atoms with Crippen molar-refractivity contribution in [3.05, 3.63) is 22.3 Å². The number of hydrogen-bond acceptors (Lipinski definition) is 16. The van der Waals surface area contributed by atoms with Crippen LogP contribution in [0.25, 0.3) is 0 Å². The van der Waals surface area contributed by atoms with E-state index in [1.54, 1.807) is 0 Å². The number of tetrazole rings is 1. The zero-order chi connectivity index (χ0) is 27.8. The molecule has 0 bridgehead atoms. The molecule has 0 aliphatic carbocycles. The van der Waals surface area contributed by atoms with Gasteiger partial charge < -0.3 is 37.4 Å². The Morgan fingerprint density at radius 2 is 2.10 bits per heavy atom. The molecule has 0 saturated carbocycles. The number of primary amides is 1. The number of thioether (sulfide) groups is 2. The molecule has 2 atom stereocenters. The molecule has 202 valence electrons. The molecule has 0 unspecified atom stereocenters. The summed E-state index contributed by atoms with van der Waals surface area (Å²) in [4.78, 5) is 60.9. The van der Waals surface area contributed by atoms with Gasteiger partial charge >= 0.3 is 29.6 Å². The third kappa shape index (κ3) is 6.30. The van der Waals surface area contributed by atoms with Crippen LogP contribution in [0.2, 0.25) is 0 Å². The van der Waals surface area contributed by atoms with Crippen molar-refractivity contribution >= 4 is 69.4 Å². The van der Waals surface area contributed by atoms with E-state index < -0.39 is 40.7 Å². The van der Waals surface area contributed by atoms with Gasteiger partial charge in [0.05, 0.1) is 11.7 Å². The van der Waals surface area contributed by atoms with E-state index in [0.29, 0.717) is 5.57 Å². The molecule has 2 aromatic heterocycles. The average molecular weight is 606 g/mol. The number of amides is 3. The topological polar surface area (TPSA) is 263 Å². The number of oxime groups is 1. The molecule has 0 radical (unpaired) electrons. The number of aromatic nitrogens is 5. The first kappa shape index (κ1) is 30.6. The van der Waals surface area contributed by atoms with Crippen LogP contribution in [-0.4, -0.2) is 88.1 Å². The van der Waals surface area contributed by atoms with E-state index in [2.05, 4.69) is 31.0 Å². The van der Waals surface area contributed by atoms with Crippen molar-refractivity contribution in [3.8, 4) is 0 Å². The molecular formula is C18H20N11NaO6S3. The summed E-state index contributed by atoms with van der Waals surface area (Å²) in [5.74, 6) is 2.04. The van der Waals surface area contributed by atoms with E-state index in [9.17, 15) is 24.3 Å². The van der Waals surface area contributed by atoms with Gasteiger partial charge in [-0.3, -0.25) is 19.3 Å². The predicted octanol–water partition coefficient (Wildman–Crippen LogP) is -6.39. The summed E-state index contributed by atoms with van der Waals surface area (Å²) in [7, 11) is 0. The van der Waals surface area contributed by atoms with Crippen LogP contribution < -0.4 is 57.3 Å². The van der Waals surface area contributed by atoms with Crippen LogP contribution in [0.1, 0.15) is 19.5 Å². The number of hydrogen-bond donors (Lipinski definition) is 4. The molecule has 0 spiro atoms. The van der Waals surface area contributed by atoms with Crippen LogP contribution in [0.4, 0.5) is 5.13 Å². The van der Waals surface area contributed by atoms with Crippen molar-refractivity contribution in [2.75, 3.05) is 23.1 Å². The van der Waals surface area contributed by atoms with Crippen molar-refractivity contribution < 1.29 is 58.7 Å². The SMILES string of the molecule is CC(C)(O/N=C(\C(=O)N[C@@H]1C(=O)N2C(C(=O)[O-])=C(CSc3nnnn3N)CS[C@H]12)c1csc(N)n1)C(N)=O.[Na+]. The fourth-order valence-electron chi connectivity index (χ4n) is 3.23. The van der Waals surface area contributed by atoms with E-state index in [1.165, 1.54) is 31.0 Å². The fraction of sp³-hybridized carbons (Fsp3) is 0.389. The number of thiazole rings is 1. The first-order chi connectivity index (χ1) is 17.9. The van der Waals surface area contributed by atoms with Gasteiger partial charge in [-0.15, -0.1) is 27.9 Å². The summed E-state index contributed by atoms with van der Waals surface area (Å²) in [6.45, 7) is 2.71. The van der Waals surface area contributed by atoms with E-state index in [4.69, 9.17) is 22.1 Å². The molecule has 17 nitrogen and oxygen atoms in total. The summed E-state index contributed by atoms with van der Waals surface area (Å²) >= 11 is 3.36. The third-order valence-corrected chi connectivity index (χ3v) is 8.34. The number of carbonyl (C=O) groups is 4. The number of carboxylic acids is 1. The van der Waals surface area contributed by atoms with Gasteiger partial charge in [0.15, 0.2) is 10.8 Å². The second kappa shape index (κ2) is 12.1. The van der Waals surface area contributed by atoms with Gasteiger partial charge in [0.2, 0.25) is 10.8 Å². The Bertz CT molecular complexity index is 1380. The number of carbonyl (C=O) groups excluding carboxylic acids is 4. The van der Waals surface area contributed by atoms with Crippen molar-refractivity contribution in [1.29, 1.82) is 0 Å². The van der Waals surface area contributed by atoms with Gasteiger partial charge in [-0.05, 0) is 29.8 Å². The number of nitrogens with one attached hydrogen (secondary N) is 1. The van der Waals surface area contributed by atoms with Crippen LogP contribution in [0.15, 0.2) is 27.0 Å². The molecule has 1 saturated heterocycles. The smallest absolute Gasteiger partial charge is 0.543 e. The molecule has 21 heteroatoms. The molecule has 3 amide bonds. The van der Waals surface area contributed by atoms with Crippen LogP contribution in [0.3, 0.4) is 0 Å². The summed E-state index contributed by atoms with van der Waals surface area (Å²) < 4.78 is 0. The maximum Gasteiger partial charge on any atom is 1.00 e. The number of β-lactam (4-membered cyclic amide) rings is 1. The molecule has 39 heavy (non-hydrogen) atoms. The van der Waals surface area contributed by atoms with Gasteiger partial charge in [0.25, 0.3) is 17.7 Å². The quantitative estimate of drug-likeness (QED) is 0.0490. The van der Waals surface area contributed by atoms with Gasteiger partial charge in [0.1, 0.15) is 17.1 Å². The molecule has 1 fully saturated rings. The number of anilines is 1. The molecular weight excluding hydrogens is 585 g/mol. The van der Waals surface area contributed by atoms with Gasteiger partial charge in [0, 0.05) is 16.9 Å². The predicted molar refractivity (Wildman–Crippen MR) is 133 cm³/mol. The van der Waals surface area contributed by atoms with Gasteiger partial charge in [-0.25, -0.2) is 4.98 Å². The van der Waals surface area contributed by atoms with Crippen molar-refractivity contribution in [1.82, 2.24) is 35.5 Å². The second-order valence-corrected chi connectivity index (χ2v) is 11.2. The molecule has 0 aromatic carbocycles. The first-order valence-electron chi connectivity index (χ1n) is 10.5. The minimum atomic E-state index is -1.55. The Morgan fingerprint density at radius 1 is 1.38 bits per heavy atom. The Labute approximate surface area is 254 Å². The number of fused-ring (bicyclic) bond motifs is 1. The third-order valence-electron chi connectivity index (χ3n) is 5.30. The Morgan fingerprint density at radius 3 is 2.67 bits per heavy atom. The molecule has 7 N–H and O–H groups in total. The number of aliphatic carboxylic acids is 1. The minimum absolute atomic E-state index is 0. The monoisotopic (exact) mass is 605 g/mol. The van der Waals surface area contributed by atoms with Crippen molar-refractivity contribution in [2.45, 2.75) is 36.0 Å². The second-order valence-electron chi connectivity index (χ2n) is 8.27. The number of nitrogens with zero attached hydrogens (tertiary/aromatic N) is 7. The Hall–Kier alpha value is -2.91. The molecule has 4 heterocycles. The maximum atomic E-state index is 13.1. The van der Waals surface area contributed by atoms with Crippen LogP contribution in [0, 0.1) is 0 Å². The maximum absolute atomic E-state index is 13.1. The standard InChI is InChI=1S/C18H21N11O6S3.Na/c1-18(2,15(19)34)35-25-8(7-5-37-16(20)22-7)11(30)23-9-12(31)28-10(14(32)33)6(3-36-13(9)28)4-38-17-24-26-27-29(17)21;/h5,9,13H,3-4,21H2,1-2H3,(H2,19,34)(H2,20,22)(H,23,30)(H,32,33);/q;+1/p-1/b25-8-;/t9-,13-;/m1./s1. The summed E-state index contributed by atoms with van der Waals surface area (Å²) in [6, 6.07) is -1.09. The van der Waals surface area contributed by atoms with Gasteiger partial charge in [-0.1, -0.05) is 22.0 Å². The Balaban J connectivity index is 0.00000420. The molecule has 4 rings (SSSR count). The number of nitrogens with two attached hydrogens (primary N) is 3. The molecule has 2 aliphatic rings. The Kier molecular flexibility index (Phi) is 9.49. The molecule has 2 aliphatic heterocycles. The van der Waals surface area contributed by atoms with E-state index in [0.717, 1.165) is 32.8 Å². The van der Waals surface area contributed by atoms with E-state index in [1.807, 2.05) is 0 Å². The van der Waals surface area contributed by atoms with Gasteiger partial charge in [-0.2, -0.15) is 0 Å². The van der Waals surface area contributed by atoms with Crippen LogP contribution in [-0.2, 0) is 24.0 Å². The minimum Gasteiger partial charge on any atom is -0.543 e. The van der Waals surface area contributed by atoms with Crippen LogP contribution in [0.5, 0.6) is 0 Å². The summed E-state index contributed by atoms with van der Waals surface area (Å²) in [5.41, 5.74) is 9.21. The molecule has 2 aromatic rings. The van der Waals surface area contributed by atoms with Crippen LogP contribution >= 0.6 is 34.9 Å². The number of nitrogen functional groups attached to an aromatic ring is 2. The first-order valence-corrected chi connectivity index (χ1v) is 13.4. The van der Waals surface area contributed by atoms with Crippen molar-refractivity contribution in [3.63, 3.8) is 0 Å². The fourth-order valence-corrected chi connectivity index (χ4v) is 6.06. The normalized spacial score (nSPS) is 19.1. The number of carboxylic acid groups (broad SMARTS) is 1. The van der Waals surface area contributed by atoms with Crippen molar-refractivity contribution in [2.24, 2.45) is 10.9 Å². The summed E-state index contributed by atoms with van der Waals surface area (Å²) in [5, 5.41) is 30.0. The van der Waals surface area contributed by atoms with E-state index in [-0.39, 0.29) is 68.5 Å². The summed E-state index contributed by atoms with van der Waals surface area (Å²) in [6.07, 6.45) is 0. The zero-order valence-electron chi connectivity index (χ0n) is 20.7. The average Bonchev–Trinajstić information content (AvgIpc) is 3.47. The van der Waals surface area contributed by atoms with E-state index >= 15 is 0 Å². The zero-order valence-corrected chi connectivity index (χ0v) is 25.1. The largest absolute Gasteiger partial charge is 1.00 e.